The normalized spacial score (nSPS) is 10.4. The second-order valence-corrected chi connectivity index (χ2v) is 4.65. The molecule has 100 valence electrons. The molecule has 0 aliphatic heterocycles. The average molecular weight is 250 g/mol. The van der Waals surface area contributed by atoms with E-state index in [1.54, 1.807) is 6.07 Å². The minimum atomic E-state index is -0.141. The van der Waals surface area contributed by atoms with Crippen molar-refractivity contribution in [2.45, 2.75) is 33.6 Å². The molecule has 1 aromatic heterocycles. The minimum absolute atomic E-state index is 0.141. The van der Waals surface area contributed by atoms with Gasteiger partial charge in [-0.25, -0.2) is 9.97 Å². The SMILES string of the molecule is CCCNc1cc(C(=O)NCCC(C)C)ncn1. The lowest BCUT2D eigenvalue weighted by Gasteiger charge is -2.08. The summed E-state index contributed by atoms with van der Waals surface area (Å²) in [7, 11) is 0. The Morgan fingerprint density at radius 2 is 2.11 bits per heavy atom. The van der Waals surface area contributed by atoms with Crippen LogP contribution in [0.15, 0.2) is 12.4 Å². The molecule has 0 saturated carbocycles. The molecule has 0 aliphatic carbocycles. The lowest BCUT2D eigenvalue weighted by molar-refractivity contribution is 0.0947. The summed E-state index contributed by atoms with van der Waals surface area (Å²) in [6.45, 7) is 7.85. The monoisotopic (exact) mass is 250 g/mol. The quantitative estimate of drug-likeness (QED) is 0.777. The predicted molar refractivity (Wildman–Crippen MR) is 72.6 cm³/mol. The Balaban J connectivity index is 2.51. The first kappa shape index (κ1) is 14.4. The van der Waals surface area contributed by atoms with Crippen molar-refractivity contribution in [1.82, 2.24) is 15.3 Å². The third-order valence-corrected chi connectivity index (χ3v) is 2.46. The van der Waals surface area contributed by atoms with E-state index in [1.165, 1.54) is 6.33 Å². The van der Waals surface area contributed by atoms with Crippen molar-refractivity contribution < 1.29 is 4.79 Å². The molecule has 2 N–H and O–H groups in total. The summed E-state index contributed by atoms with van der Waals surface area (Å²) >= 11 is 0. The fourth-order valence-corrected chi connectivity index (χ4v) is 1.40. The van der Waals surface area contributed by atoms with Crippen LogP contribution in [0.2, 0.25) is 0 Å². The molecular weight excluding hydrogens is 228 g/mol. The van der Waals surface area contributed by atoms with Gasteiger partial charge in [0, 0.05) is 19.2 Å². The molecule has 0 atom stereocenters. The number of nitrogens with zero attached hydrogens (tertiary/aromatic N) is 2. The van der Waals surface area contributed by atoms with Gasteiger partial charge in [0.1, 0.15) is 17.8 Å². The molecule has 0 saturated heterocycles. The van der Waals surface area contributed by atoms with Crippen LogP contribution in [0.4, 0.5) is 5.82 Å². The van der Waals surface area contributed by atoms with Gasteiger partial charge in [-0.05, 0) is 18.8 Å². The number of hydrogen-bond donors (Lipinski definition) is 2. The van der Waals surface area contributed by atoms with Crippen molar-refractivity contribution >= 4 is 11.7 Å². The number of anilines is 1. The number of nitrogens with one attached hydrogen (secondary N) is 2. The number of aromatic nitrogens is 2. The Bertz CT molecular complexity index is 379. The molecule has 18 heavy (non-hydrogen) atoms. The Morgan fingerprint density at radius 3 is 2.78 bits per heavy atom. The molecule has 1 rings (SSSR count). The summed E-state index contributed by atoms with van der Waals surface area (Å²) < 4.78 is 0. The minimum Gasteiger partial charge on any atom is -0.370 e. The maximum absolute atomic E-state index is 11.8. The van der Waals surface area contributed by atoms with E-state index in [4.69, 9.17) is 0 Å². The van der Waals surface area contributed by atoms with Crippen LogP contribution in [0.3, 0.4) is 0 Å². The molecule has 0 radical (unpaired) electrons. The lowest BCUT2D eigenvalue weighted by atomic mass is 10.1. The van der Waals surface area contributed by atoms with Gasteiger partial charge >= 0.3 is 0 Å². The van der Waals surface area contributed by atoms with Gasteiger partial charge < -0.3 is 10.6 Å². The first-order valence-electron chi connectivity index (χ1n) is 6.47. The van der Waals surface area contributed by atoms with Gasteiger partial charge in [0.15, 0.2) is 0 Å². The molecule has 0 fully saturated rings. The topological polar surface area (TPSA) is 66.9 Å². The van der Waals surface area contributed by atoms with Gasteiger partial charge in [0.25, 0.3) is 5.91 Å². The van der Waals surface area contributed by atoms with Crippen LogP contribution in [0.25, 0.3) is 0 Å². The van der Waals surface area contributed by atoms with Crippen molar-refractivity contribution in [2.24, 2.45) is 5.92 Å². The third-order valence-electron chi connectivity index (χ3n) is 2.46. The van der Waals surface area contributed by atoms with E-state index in [1.807, 2.05) is 0 Å². The summed E-state index contributed by atoms with van der Waals surface area (Å²) in [5, 5.41) is 5.99. The van der Waals surface area contributed by atoms with Crippen LogP contribution < -0.4 is 10.6 Å². The summed E-state index contributed by atoms with van der Waals surface area (Å²) in [5.41, 5.74) is 0.410. The van der Waals surface area contributed by atoms with Crippen molar-refractivity contribution in [1.29, 1.82) is 0 Å². The second kappa shape index (κ2) is 7.63. The van der Waals surface area contributed by atoms with Crippen LogP contribution in [0, 0.1) is 5.92 Å². The first-order chi connectivity index (χ1) is 8.63. The molecule has 1 heterocycles. The number of rotatable bonds is 7. The van der Waals surface area contributed by atoms with E-state index < -0.39 is 0 Å². The molecule has 1 aromatic rings. The summed E-state index contributed by atoms with van der Waals surface area (Å²) in [4.78, 5) is 19.9. The summed E-state index contributed by atoms with van der Waals surface area (Å²) in [5.74, 6) is 1.14. The van der Waals surface area contributed by atoms with Crippen molar-refractivity contribution in [3.63, 3.8) is 0 Å². The van der Waals surface area contributed by atoms with Gasteiger partial charge in [-0.2, -0.15) is 0 Å². The first-order valence-corrected chi connectivity index (χ1v) is 6.47. The maximum atomic E-state index is 11.8. The number of hydrogen-bond acceptors (Lipinski definition) is 4. The fraction of sp³-hybridized carbons (Fsp3) is 0.615. The zero-order valence-corrected chi connectivity index (χ0v) is 11.4. The molecule has 1 amide bonds. The maximum Gasteiger partial charge on any atom is 0.270 e. The van der Waals surface area contributed by atoms with E-state index in [0.29, 0.717) is 24.0 Å². The number of carbonyl (C=O) groups excluding carboxylic acids is 1. The summed E-state index contributed by atoms with van der Waals surface area (Å²) in [6.07, 6.45) is 3.40. The van der Waals surface area contributed by atoms with Gasteiger partial charge in [-0.3, -0.25) is 4.79 Å². The largest absolute Gasteiger partial charge is 0.370 e. The molecular formula is C13H22N4O. The molecule has 0 aromatic carbocycles. The lowest BCUT2D eigenvalue weighted by Crippen LogP contribution is -2.26. The highest BCUT2D eigenvalue weighted by Gasteiger charge is 2.08. The standard InChI is InChI=1S/C13H22N4O/c1-4-6-14-12-8-11(16-9-17-12)13(18)15-7-5-10(2)3/h8-10H,4-7H2,1-3H3,(H,15,18)(H,14,16,17). The van der Waals surface area contributed by atoms with Crippen LogP contribution in [0.5, 0.6) is 0 Å². The number of carbonyl (C=O) groups is 1. The van der Waals surface area contributed by atoms with E-state index in [-0.39, 0.29) is 5.91 Å². The zero-order chi connectivity index (χ0) is 13.4. The van der Waals surface area contributed by atoms with Gasteiger partial charge in [-0.15, -0.1) is 0 Å². The van der Waals surface area contributed by atoms with E-state index >= 15 is 0 Å². The van der Waals surface area contributed by atoms with Crippen LogP contribution >= 0.6 is 0 Å². The molecule has 0 bridgehead atoms. The molecule has 0 unspecified atom stereocenters. The Morgan fingerprint density at radius 1 is 1.33 bits per heavy atom. The van der Waals surface area contributed by atoms with Crippen LogP contribution in [-0.4, -0.2) is 29.0 Å². The zero-order valence-electron chi connectivity index (χ0n) is 11.4. The summed E-state index contributed by atoms with van der Waals surface area (Å²) in [6, 6.07) is 1.68. The van der Waals surface area contributed by atoms with Gasteiger partial charge in [0.05, 0.1) is 0 Å². The van der Waals surface area contributed by atoms with Crippen molar-refractivity contribution in [3.8, 4) is 0 Å². The third kappa shape index (κ3) is 5.12. The van der Waals surface area contributed by atoms with Crippen LogP contribution in [0.1, 0.15) is 44.1 Å². The Labute approximate surface area is 108 Å². The Hall–Kier alpha value is -1.65. The van der Waals surface area contributed by atoms with Crippen LogP contribution in [-0.2, 0) is 0 Å². The number of amides is 1. The fourth-order valence-electron chi connectivity index (χ4n) is 1.40. The second-order valence-electron chi connectivity index (χ2n) is 4.65. The van der Waals surface area contributed by atoms with Gasteiger partial charge in [0.2, 0.25) is 0 Å². The average Bonchev–Trinajstić information content (AvgIpc) is 2.36. The smallest absolute Gasteiger partial charge is 0.270 e. The highest BCUT2D eigenvalue weighted by Crippen LogP contribution is 2.04. The molecule has 0 spiro atoms. The van der Waals surface area contributed by atoms with Crippen molar-refractivity contribution in [2.75, 3.05) is 18.4 Å². The molecule has 5 nitrogen and oxygen atoms in total. The van der Waals surface area contributed by atoms with E-state index in [2.05, 4.69) is 41.4 Å². The molecule has 5 heteroatoms. The van der Waals surface area contributed by atoms with Crippen molar-refractivity contribution in [3.05, 3.63) is 18.1 Å². The predicted octanol–water partition coefficient (Wildman–Crippen LogP) is 2.07. The highest BCUT2D eigenvalue weighted by atomic mass is 16.1. The highest BCUT2D eigenvalue weighted by molar-refractivity contribution is 5.92. The van der Waals surface area contributed by atoms with E-state index in [0.717, 1.165) is 19.4 Å². The van der Waals surface area contributed by atoms with E-state index in [9.17, 15) is 4.79 Å². The van der Waals surface area contributed by atoms with Gasteiger partial charge in [-0.1, -0.05) is 20.8 Å². The molecule has 0 aliphatic rings. The Kier molecular flexibility index (Phi) is 6.11.